The van der Waals surface area contributed by atoms with Gasteiger partial charge in [0.25, 0.3) is 0 Å². The molecule has 1 atom stereocenters. The molecule has 37 heavy (non-hydrogen) atoms. The van der Waals surface area contributed by atoms with Crippen LogP contribution in [0.4, 0.5) is 13.6 Å². The highest BCUT2D eigenvalue weighted by atomic mass is 32.2. The highest BCUT2D eigenvalue weighted by molar-refractivity contribution is 7.90. The molecule has 2 aliphatic heterocycles. The molecule has 0 saturated carbocycles. The molecule has 14 heteroatoms. The first-order chi connectivity index (χ1) is 17.6. The Morgan fingerprint density at radius 2 is 1.92 bits per heavy atom. The van der Waals surface area contributed by atoms with Crippen LogP contribution in [0.15, 0.2) is 24.3 Å². The zero-order valence-corrected chi connectivity index (χ0v) is 21.3. The standard InChI is InChI=1S/C23H31F2N5O6S/c1-29(23(16-26)6-8-27-9-7-23)20(31)18(28-22(32)30-10-12-35-13-11-30)15-37(33,34)14-17-4-2-3-5-19(17)36-21(24)25/h2-5,18,21,27H,6-15H2,1H3,(H,28,32)/t18-/m0/s1. The normalized spacial score (nSPS) is 18.5. The van der Waals surface area contributed by atoms with Crippen molar-refractivity contribution in [3.8, 4) is 11.8 Å². The van der Waals surface area contributed by atoms with Crippen LogP contribution in [0.3, 0.4) is 0 Å². The van der Waals surface area contributed by atoms with E-state index >= 15 is 0 Å². The number of likely N-dealkylation sites (N-methyl/N-ethyl adjacent to an activating group) is 1. The van der Waals surface area contributed by atoms with E-state index in [4.69, 9.17) is 4.74 Å². The maximum atomic E-state index is 13.6. The second-order valence-corrected chi connectivity index (χ2v) is 11.0. The van der Waals surface area contributed by atoms with E-state index in [1.54, 1.807) is 0 Å². The van der Waals surface area contributed by atoms with Gasteiger partial charge in [0.1, 0.15) is 17.3 Å². The number of nitriles is 1. The summed E-state index contributed by atoms with van der Waals surface area (Å²) in [4.78, 5) is 29.1. The van der Waals surface area contributed by atoms with E-state index in [1.807, 2.05) is 0 Å². The minimum absolute atomic E-state index is 0.00582. The number of ether oxygens (including phenoxy) is 2. The number of rotatable bonds is 9. The highest BCUT2D eigenvalue weighted by Gasteiger charge is 2.42. The average Bonchev–Trinajstić information content (AvgIpc) is 2.88. The van der Waals surface area contributed by atoms with E-state index in [-0.39, 0.29) is 24.4 Å². The van der Waals surface area contributed by atoms with E-state index < -0.39 is 51.5 Å². The number of carbonyl (C=O) groups is 2. The van der Waals surface area contributed by atoms with Crippen molar-refractivity contribution >= 4 is 21.8 Å². The Morgan fingerprint density at radius 1 is 1.27 bits per heavy atom. The third kappa shape index (κ3) is 7.50. The number of piperidine rings is 1. The summed E-state index contributed by atoms with van der Waals surface area (Å²) in [5.74, 6) is -2.51. The van der Waals surface area contributed by atoms with Gasteiger partial charge in [-0.25, -0.2) is 13.2 Å². The highest BCUT2D eigenvalue weighted by Crippen LogP contribution is 2.26. The largest absolute Gasteiger partial charge is 0.435 e. The number of para-hydroxylation sites is 1. The molecule has 11 nitrogen and oxygen atoms in total. The molecular weight excluding hydrogens is 512 g/mol. The van der Waals surface area contributed by atoms with Crippen LogP contribution in [0.25, 0.3) is 0 Å². The van der Waals surface area contributed by atoms with Gasteiger partial charge >= 0.3 is 12.6 Å². The number of halogens is 2. The van der Waals surface area contributed by atoms with Gasteiger partial charge in [-0.2, -0.15) is 14.0 Å². The minimum atomic E-state index is -4.13. The number of urea groups is 1. The lowest BCUT2D eigenvalue weighted by atomic mass is 9.88. The quantitative estimate of drug-likeness (QED) is 0.464. The second kappa shape index (κ2) is 12.5. The maximum absolute atomic E-state index is 13.6. The molecule has 2 fully saturated rings. The number of carbonyl (C=O) groups excluding carboxylic acids is 2. The molecule has 2 heterocycles. The molecule has 2 N–H and O–H groups in total. The number of morpholine rings is 1. The lowest BCUT2D eigenvalue weighted by Crippen LogP contribution is -2.61. The Hall–Kier alpha value is -3.02. The van der Waals surface area contributed by atoms with Gasteiger partial charge in [0, 0.05) is 25.7 Å². The molecule has 204 valence electrons. The molecule has 2 saturated heterocycles. The number of alkyl halides is 2. The van der Waals surface area contributed by atoms with E-state index in [2.05, 4.69) is 21.4 Å². The topological polar surface area (TPSA) is 141 Å². The zero-order valence-electron chi connectivity index (χ0n) is 20.5. The Kier molecular flexibility index (Phi) is 9.63. The number of amides is 3. The molecule has 1 aromatic rings. The summed E-state index contributed by atoms with van der Waals surface area (Å²) < 4.78 is 61.6. The van der Waals surface area contributed by atoms with Gasteiger partial charge in [-0.05, 0) is 32.0 Å². The van der Waals surface area contributed by atoms with Crippen molar-refractivity contribution < 1.29 is 36.3 Å². The van der Waals surface area contributed by atoms with E-state index in [0.717, 1.165) is 0 Å². The number of benzene rings is 1. The van der Waals surface area contributed by atoms with Crippen LogP contribution in [0.1, 0.15) is 18.4 Å². The van der Waals surface area contributed by atoms with Crippen molar-refractivity contribution in [3.63, 3.8) is 0 Å². The minimum Gasteiger partial charge on any atom is -0.435 e. The van der Waals surface area contributed by atoms with Crippen LogP contribution in [-0.2, 0) is 25.1 Å². The van der Waals surface area contributed by atoms with Gasteiger partial charge in [-0.3, -0.25) is 4.79 Å². The molecule has 0 spiro atoms. The summed E-state index contributed by atoms with van der Waals surface area (Å²) in [5, 5.41) is 15.5. The number of sulfone groups is 1. The fourth-order valence-electron chi connectivity index (χ4n) is 4.37. The molecule has 0 bridgehead atoms. The molecule has 3 amide bonds. The van der Waals surface area contributed by atoms with Gasteiger partial charge in [0.2, 0.25) is 5.91 Å². The third-order valence-corrected chi connectivity index (χ3v) is 8.08. The number of nitrogens with one attached hydrogen (secondary N) is 2. The predicted molar refractivity (Wildman–Crippen MR) is 128 cm³/mol. The summed E-state index contributed by atoms with van der Waals surface area (Å²) in [5.41, 5.74) is -1.17. The SMILES string of the molecule is CN(C(=O)[C@H](CS(=O)(=O)Cc1ccccc1OC(F)F)NC(=O)N1CCOCC1)C1(C#N)CCNCC1. The van der Waals surface area contributed by atoms with Crippen molar-refractivity contribution in [2.45, 2.75) is 36.8 Å². The first-order valence-corrected chi connectivity index (χ1v) is 13.6. The smallest absolute Gasteiger partial charge is 0.387 e. The summed E-state index contributed by atoms with van der Waals surface area (Å²) >= 11 is 0. The van der Waals surface area contributed by atoms with Crippen molar-refractivity contribution in [2.24, 2.45) is 0 Å². The molecule has 0 unspecified atom stereocenters. The van der Waals surface area contributed by atoms with Gasteiger partial charge in [-0.15, -0.1) is 0 Å². The predicted octanol–water partition coefficient (Wildman–Crippen LogP) is 0.717. The Balaban J connectivity index is 1.85. The van der Waals surface area contributed by atoms with Gasteiger partial charge in [-0.1, -0.05) is 18.2 Å². The average molecular weight is 544 g/mol. The van der Waals surface area contributed by atoms with Crippen LogP contribution in [0.2, 0.25) is 0 Å². The fourth-order valence-corrected chi connectivity index (χ4v) is 5.94. The van der Waals surface area contributed by atoms with Crippen LogP contribution in [-0.4, -0.2) is 101 Å². The molecule has 0 radical (unpaired) electrons. The number of nitrogens with zero attached hydrogens (tertiary/aromatic N) is 3. The summed E-state index contributed by atoms with van der Waals surface area (Å²) in [7, 11) is -2.71. The van der Waals surface area contributed by atoms with Crippen LogP contribution < -0.4 is 15.4 Å². The number of hydrogen-bond donors (Lipinski definition) is 2. The molecule has 1 aromatic carbocycles. The van der Waals surface area contributed by atoms with Crippen molar-refractivity contribution in [2.75, 3.05) is 52.2 Å². The Labute approximate surface area is 214 Å². The summed E-state index contributed by atoms with van der Waals surface area (Å²) in [6, 6.07) is 5.51. The first-order valence-electron chi connectivity index (χ1n) is 11.8. The third-order valence-electron chi connectivity index (χ3n) is 6.49. The van der Waals surface area contributed by atoms with Crippen molar-refractivity contribution in [1.82, 2.24) is 20.4 Å². The Morgan fingerprint density at radius 3 is 2.54 bits per heavy atom. The summed E-state index contributed by atoms with van der Waals surface area (Å²) in [6.07, 6.45) is 0.669. The van der Waals surface area contributed by atoms with Crippen LogP contribution in [0, 0.1) is 11.3 Å². The first kappa shape index (κ1) is 28.5. The molecule has 2 aliphatic rings. The van der Waals surface area contributed by atoms with Gasteiger partial charge in [0.05, 0.1) is 30.8 Å². The van der Waals surface area contributed by atoms with E-state index in [1.165, 1.54) is 41.1 Å². The van der Waals surface area contributed by atoms with Crippen LogP contribution >= 0.6 is 0 Å². The monoisotopic (exact) mass is 543 g/mol. The van der Waals surface area contributed by atoms with E-state index in [0.29, 0.717) is 39.1 Å². The molecular formula is C23H31F2N5O6S. The molecule has 3 rings (SSSR count). The zero-order chi connectivity index (χ0) is 27.1. The lowest BCUT2D eigenvalue weighted by molar-refractivity contribution is -0.136. The molecule has 0 aliphatic carbocycles. The van der Waals surface area contributed by atoms with Gasteiger partial charge < -0.3 is 29.9 Å². The maximum Gasteiger partial charge on any atom is 0.387 e. The lowest BCUT2D eigenvalue weighted by Gasteiger charge is -2.41. The number of hydrogen-bond acceptors (Lipinski definition) is 8. The van der Waals surface area contributed by atoms with E-state index in [9.17, 15) is 32.0 Å². The van der Waals surface area contributed by atoms with Crippen molar-refractivity contribution in [3.05, 3.63) is 29.8 Å². The summed E-state index contributed by atoms with van der Waals surface area (Å²) in [6.45, 7) is -1.02. The Bertz CT molecular complexity index is 1100. The van der Waals surface area contributed by atoms with Crippen molar-refractivity contribution in [1.29, 1.82) is 5.26 Å². The van der Waals surface area contributed by atoms with Crippen LogP contribution in [0.5, 0.6) is 5.75 Å². The second-order valence-electron chi connectivity index (χ2n) is 8.93. The van der Waals surface area contributed by atoms with Gasteiger partial charge in [0.15, 0.2) is 9.84 Å². The molecule has 0 aromatic heterocycles. The fraction of sp³-hybridized carbons (Fsp3) is 0.609.